The van der Waals surface area contributed by atoms with Gasteiger partial charge in [-0.3, -0.25) is 14.5 Å². The molecule has 2 N–H and O–H groups in total. The summed E-state index contributed by atoms with van der Waals surface area (Å²) in [4.78, 5) is 35.2. The molecule has 1 aromatic carbocycles. The second-order valence-corrected chi connectivity index (χ2v) is 6.76. The first-order valence-corrected chi connectivity index (χ1v) is 8.51. The lowest BCUT2D eigenvalue weighted by atomic mass is 10.2. The van der Waals surface area contributed by atoms with Crippen molar-refractivity contribution in [1.29, 1.82) is 0 Å². The van der Waals surface area contributed by atoms with Crippen molar-refractivity contribution in [2.75, 3.05) is 13.2 Å². The maximum absolute atomic E-state index is 12.4. The molecule has 1 aromatic rings. The van der Waals surface area contributed by atoms with Gasteiger partial charge in [-0.05, 0) is 30.2 Å². The van der Waals surface area contributed by atoms with Gasteiger partial charge in [-0.2, -0.15) is 0 Å². The molecule has 0 bridgehead atoms. The van der Waals surface area contributed by atoms with Crippen LogP contribution in [0.2, 0.25) is 0 Å². The van der Waals surface area contributed by atoms with Gasteiger partial charge in [0.15, 0.2) is 6.61 Å². The Morgan fingerprint density at radius 3 is 2.48 bits per heavy atom. The number of hydrogen-bond donors (Lipinski definition) is 2. The number of thiocarbonyl (C=S) groups is 1. The number of hydrogen-bond acceptors (Lipinski definition) is 6. The van der Waals surface area contributed by atoms with Crippen LogP contribution in [0.3, 0.4) is 0 Å². The largest absolute Gasteiger partial charge is 0.482 e. The lowest BCUT2D eigenvalue weighted by molar-refractivity contribution is -0.139. The van der Waals surface area contributed by atoms with E-state index >= 15 is 0 Å². The molecule has 7 nitrogen and oxygen atoms in total. The Morgan fingerprint density at radius 2 is 1.88 bits per heavy atom. The summed E-state index contributed by atoms with van der Waals surface area (Å²) < 4.78 is 5.45. The predicted octanol–water partition coefficient (Wildman–Crippen LogP) is 2.22. The van der Waals surface area contributed by atoms with E-state index < -0.39 is 18.5 Å². The van der Waals surface area contributed by atoms with Crippen LogP contribution in [0.15, 0.2) is 29.2 Å². The summed E-state index contributed by atoms with van der Waals surface area (Å²) in [5, 5.41) is 17.2. The molecule has 1 saturated heterocycles. The van der Waals surface area contributed by atoms with Gasteiger partial charge < -0.3 is 14.9 Å². The van der Waals surface area contributed by atoms with E-state index in [1.165, 1.54) is 16.7 Å². The van der Waals surface area contributed by atoms with Gasteiger partial charge in [0.25, 0.3) is 5.91 Å². The highest BCUT2D eigenvalue weighted by Gasteiger charge is 2.31. The van der Waals surface area contributed by atoms with Crippen LogP contribution in [-0.4, -0.2) is 50.4 Å². The number of aliphatic carboxylic acids is 2. The summed E-state index contributed by atoms with van der Waals surface area (Å²) in [5.41, 5.74) is 0.744. The van der Waals surface area contributed by atoms with Crippen molar-refractivity contribution in [2.45, 2.75) is 12.8 Å². The average molecular weight is 381 g/mol. The number of carboxylic acids is 2. The van der Waals surface area contributed by atoms with E-state index in [9.17, 15) is 14.4 Å². The number of benzene rings is 1. The Morgan fingerprint density at radius 1 is 1.20 bits per heavy atom. The van der Waals surface area contributed by atoms with Gasteiger partial charge in [-0.25, -0.2) is 4.79 Å². The first-order chi connectivity index (χ1) is 11.9. The summed E-state index contributed by atoms with van der Waals surface area (Å²) in [5.74, 6) is -1.80. The predicted molar refractivity (Wildman–Crippen MR) is 96.3 cm³/mol. The molecular weight excluding hydrogens is 366 g/mol. The van der Waals surface area contributed by atoms with E-state index in [1.807, 2.05) is 0 Å². The Balaban J connectivity index is 2.00. The van der Waals surface area contributed by atoms with Gasteiger partial charge in [-0.1, -0.05) is 36.1 Å². The molecule has 1 aliphatic rings. The lowest BCUT2D eigenvalue weighted by Crippen LogP contribution is -2.29. The summed E-state index contributed by atoms with van der Waals surface area (Å²) in [6.45, 7) is -0.148. The van der Waals surface area contributed by atoms with Crippen molar-refractivity contribution < 1.29 is 29.3 Å². The Bertz CT molecular complexity index is 729. The van der Waals surface area contributed by atoms with Crippen LogP contribution in [0.25, 0.3) is 6.08 Å². The normalized spacial score (nSPS) is 15.7. The molecule has 1 amide bonds. The molecule has 1 fully saturated rings. The van der Waals surface area contributed by atoms with E-state index in [0.29, 0.717) is 21.4 Å². The zero-order chi connectivity index (χ0) is 18.4. The van der Waals surface area contributed by atoms with Crippen molar-refractivity contribution in [3.05, 3.63) is 34.7 Å². The van der Waals surface area contributed by atoms with Crippen molar-refractivity contribution in [3.63, 3.8) is 0 Å². The number of carboxylic acid groups (broad SMARTS) is 2. The number of nitrogens with zero attached hydrogens (tertiary/aromatic N) is 1. The first kappa shape index (κ1) is 18.9. The zero-order valence-corrected chi connectivity index (χ0v) is 14.6. The summed E-state index contributed by atoms with van der Waals surface area (Å²) in [6.07, 6.45) is 2.00. The van der Waals surface area contributed by atoms with Crippen molar-refractivity contribution in [1.82, 2.24) is 4.90 Å². The molecule has 0 aliphatic carbocycles. The minimum Gasteiger partial charge on any atom is -0.482 e. The molecule has 1 heterocycles. The minimum absolute atomic E-state index is 0.0199. The number of rotatable bonds is 8. The fourth-order valence-electron chi connectivity index (χ4n) is 2.04. The number of carbonyl (C=O) groups is 3. The van der Waals surface area contributed by atoms with Gasteiger partial charge in [0.05, 0.1) is 4.91 Å². The SMILES string of the molecule is O=C(O)CCCN1C(=O)C(=Cc2ccc(OCC(=O)O)cc2)SC1=S. The number of carbonyl (C=O) groups excluding carboxylic acids is 1. The monoisotopic (exact) mass is 381 g/mol. The van der Waals surface area contributed by atoms with Crippen LogP contribution >= 0.6 is 24.0 Å². The first-order valence-electron chi connectivity index (χ1n) is 7.28. The van der Waals surface area contributed by atoms with Crippen LogP contribution in [0.4, 0.5) is 0 Å². The molecule has 0 spiro atoms. The van der Waals surface area contributed by atoms with Crippen molar-refractivity contribution in [3.8, 4) is 5.75 Å². The highest BCUT2D eigenvalue weighted by Crippen LogP contribution is 2.32. The second kappa shape index (κ2) is 8.63. The standard InChI is InChI=1S/C16H15NO6S2/c18-13(19)2-1-7-17-15(22)12(25-16(17)24)8-10-3-5-11(6-4-10)23-9-14(20)21/h3-6,8H,1-2,7,9H2,(H,18,19)(H,20,21). The fraction of sp³-hybridized carbons (Fsp3) is 0.250. The maximum Gasteiger partial charge on any atom is 0.341 e. The molecule has 0 radical (unpaired) electrons. The van der Waals surface area contributed by atoms with Gasteiger partial charge in [-0.15, -0.1) is 0 Å². The zero-order valence-electron chi connectivity index (χ0n) is 13.0. The Hall–Kier alpha value is -2.39. The topological polar surface area (TPSA) is 104 Å². The van der Waals surface area contributed by atoms with E-state index in [0.717, 1.165) is 5.56 Å². The fourth-order valence-corrected chi connectivity index (χ4v) is 3.35. The second-order valence-electron chi connectivity index (χ2n) is 5.08. The smallest absolute Gasteiger partial charge is 0.341 e. The van der Waals surface area contributed by atoms with Gasteiger partial charge in [0.2, 0.25) is 0 Å². The number of amides is 1. The van der Waals surface area contributed by atoms with Gasteiger partial charge >= 0.3 is 11.9 Å². The third-order valence-electron chi connectivity index (χ3n) is 3.19. The molecule has 25 heavy (non-hydrogen) atoms. The molecule has 132 valence electrons. The van der Waals surface area contributed by atoms with Crippen LogP contribution in [0.5, 0.6) is 5.75 Å². The molecule has 9 heteroatoms. The summed E-state index contributed by atoms with van der Waals surface area (Å²) >= 11 is 6.34. The van der Waals surface area contributed by atoms with Crippen LogP contribution in [0, 0.1) is 0 Å². The van der Waals surface area contributed by atoms with Gasteiger partial charge in [0.1, 0.15) is 10.1 Å². The minimum atomic E-state index is -1.06. The molecule has 0 atom stereocenters. The molecule has 0 saturated carbocycles. The number of ether oxygens (including phenoxy) is 1. The van der Waals surface area contributed by atoms with Crippen LogP contribution in [0.1, 0.15) is 18.4 Å². The third kappa shape index (κ3) is 5.57. The average Bonchev–Trinajstić information content (AvgIpc) is 2.81. The molecular formula is C16H15NO6S2. The summed E-state index contributed by atoms with van der Waals surface area (Å²) in [7, 11) is 0. The van der Waals surface area contributed by atoms with E-state index in [4.69, 9.17) is 27.2 Å². The molecule has 1 aliphatic heterocycles. The van der Waals surface area contributed by atoms with Crippen molar-refractivity contribution >= 4 is 52.2 Å². The third-order valence-corrected chi connectivity index (χ3v) is 4.56. The molecule has 2 rings (SSSR count). The van der Waals surface area contributed by atoms with Crippen molar-refractivity contribution in [2.24, 2.45) is 0 Å². The van der Waals surface area contributed by atoms with Gasteiger partial charge in [0, 0.05) is 13.0 Å². The Kier molecular flexibility index (Phi) is 6.54. The highest BCUT2D eigenvalue weighted by molar-refractivity contribution is 8.26. The maximum atomic E-state index is 12.4. The van der Waals surface area contributed by atoms with E-state index in [-0.39, 0.29) is 18.9 Å². The highest BCUT2D eigenvalue weighted by atomic mass is 32.2. The molecule has 0 unspecified atom stereocenters. The molecule has 0 aromatic heterocycles. The van der Waals surface area contributed by atoms with Crippen LogP contribution < -0.4 is 4.74 Å². The Labute approximate surface area is 153 Å². The van der Waals surface area contributed by atoms with E-state index in [2.05, 4.69) is 0 Å². The van der Waals surface area contributed by atoms with E-state index in [1.54, 1.807) is 30.3 Å². The quantitative estimate of drug-likeness (QED) is 0.522. The number of thioether (sulfide) groups is 1. The lowest BCUT2D eigenvalue weighted by Gasteiger charge is -2.13. The van der Waals surface area contributed by atoms with Crippen LogP contribution in [-0.2, 0) is 14.4 Å². The summed E-state index contributed by atoms with van der Waals surface area (Å²) in [6, 6.07) is 6.63.